The number of phenolic OH excluding ortho intramolecular Hbond substituents is 1. The van der Waals surface area contributed by atoms with E-state index in [2.05, 4.69) is 0 Å². The van der Waals surface area contributed by atoms with Crippen molar-refractivity contribution in [1.82, 2.24) is 0 Å². The van der Waals surface area contributed by atoms with Crippen LogP contribution in [0.25, 0.3) is 0 Å². The number of rotatable bonds is 4. The molecular formula is C15H9Cl3O3. The molecule has 2 aromatic rings. The fourth-order valence-corrected chi connectivity index (χ4v) is 2.38. The first-order valence-electron chi connectivity index (χ1n) is 5.88. The molecule has 0 aliphatic carbocycles. The molecule has 0 atom stereocenters. The second kappa shape index (κ2) is 6.48. The van der Waals surface area contributed by atoms with Gasteiger partial charge in [-0.1, -0.05) is 34.8 Å². The van der Waals surface area contributed by atoms with Crippen LogP contribution >= 0.6 is 34.8 Å². The third-order valence-corrected chi connectivity index (χ3v) is 3.57. The van der Waals surface area contributed by atoms with Gasteiger partial charge in [-0.2, -0.15) is 0 Å². The van der Waals surface area contributed by atoms with Crippen molar-refractivity contribution in [3.63, 3.8) is 0 Å². The van der Waals surface area contributed by atoms with E-state index in [0.717, 1.165) is 0 Å². The van der Waals surface area contributed by atoms with Gasteiger partial charge in [0, 0.05) is 15.6 Å². The number of carbonyl (C=O) groups excluding carboxylic acids is 2. The number of hydrogen-bond donors (Lipinski definition) is 1. The Balaban J connectivity index is 2.22. The lowest BCUT2D eigenvalue weighted by atomic mass is 10.0. The first kappa shape index (κ1) is 15.8. The number of Topliss-reactive ketones (excluding diaryl/α,β-unsaturated/α-hetero) is 2. The van der Waals surface area contributed by atoms with E-state index in [9.17, 15) is 14.7 Å². The highest BCUT2D eigenvalue weighted by atomic mass is 35.5. The first-order chi connectivity index (χ1) is 9.88. The van der Waals surface area contributed by atoms with Crippen molar-refractivity contribution >= 4 is 46.4 Å². The second-order valence-electron chi connectivity index (χ2n) is 4.31. The maximum Gasteiger partial charge on any atom is 0.174 e. The Bertz CT molecular complexity index is 709. The van der Waals surface area contributed by atoms with Crippen molar-refractivity contribution in [2.45, 2.75) is 6.42 Å². The van der Waals surface area contributed by atoms with Gasteiger partial charge in [-0.15, -0.1) is 0 Å². The van der Waals surface area contributed by atoms with Crippen molar-refractivity contribution in [1.29, 1.82) is 0 Å². The minimum absolute atomic E-state index is 0.0372. The van der Waals surface area contributed by atoms with Gasteiger partial charge < -0.3 is 5.11 Å². The molecular weight excluding hydrogens is 335 g/mol. The molecule has 0 fully saturated rings. The van der Waals surface area contributed by atoms with E-state index in [4.69, 9.17) is 34.8 Å². The highest BCUT2D eigenvalue weighted by molar-refractivity contribution is 6.36. The van der Waals surface area contributed by atoms with E-state index in [1.807, 2.05) is 0 Å². The predicted molar refractivity (Wildman–Crippen MR) is 82.9 cm³/mol. The summed E-state index contributed by atoms with van der Waals surface area (Å²) in [6.07, 6.45) is -0.397. The number of halogens is 3. The molecule has 0 bridgehead atoms. The lowest BCUT2D eigenvalue weighted by molar-refractivity contribution is 0.0893. The van der Waals surface area contributed by atoms with Gasteiger partial charge in [0.05, 0.1) is 17.0 Å². The monoisotopic (exact) mass is 342 g/mol. The standard InChI is InChI=1S/C15H9Cl3O3/c16-9-3-1-8(2-4-9)13(19)7-14(20)11-5-10(17)6-12(18)15(11)21/h1-6,21H,7H2. The van der Waals surface area contributed by atoms with Crippen molar-refractivity contribution in [2.24, 2.45) is 0 Å². The molecule has 0 heterocycles. The molecule has 0 spiro atoms. The number of aromatic hydroxyl groups is 1. The molecule has 0 saturated heterocycles. The lowest BCUT2D eigenvalue weighted by Crippen LogP contribution is -2.09. The summed E-state index contributed by atoms with van der Waals surface area (Å²) in [5.74, 6) is -1.32. The number of ketones is 2. The van der Waals surface area contributed by atoms with E-state index in [-0.39, 0.29) is 27.1 Å². The Kier molecular flexibility index (Phi) is 4.88. The van der Waals surface area contributed by atoms with Gasteiger partial charge >= 0.3 is 0 Å². The van der Waals surface area contributed by atoms with Crippen molar-refractivity contribution in [3.05, 3.63) is 62.6 Å². The topological polar surface area (TPSA) is 54.4 Å². The molecule has 2 rings (SSSR count). The summed E-state index contributed by atoms with van der Waals surface area (Å²) in [6.45, 7) is 0. The Morgan fingerprint density at radius 1 is 0.905 bits per heavy atom. The van der Waals surface area contributed by atoms with Crippen LogP contribution in [-0.4, -0.2) is 16.7 Å². The summed E-state index contributed by atoms with van der Waals surface area (Å²) < 4.78 is 0. The molecule has 3 nitrogen and oxygen atoms in total. The van der Waals surface area contributed by atoms with Gasteiger partial charge in [-0.05, 0) is 36.4 Å². The van der Waals surface area contributed by atoms with Crippen LogP contribution in [0.5, 0.6) is 5.75 Å². The molecule has 0 saturated carbocycles. The second-order valence-corrected chi connectivity index (χ2v) is 5.59. The van der Waals surface area contributed by atoms with Crippen LogP contribution in [0, 0.1) is 0 Å². The highest BCUT2D eigenvalue weighted by Crippen LogP contribution is 2.32. The van der Waals surface area contributed by atoms with Gasteiger partial charge in [0.2, 0.25) is 0 Å². The highest BCUT2D eigenvalue weighted by Gasteiger charge is 2.19. The number of carbonyl (C=O) groups is 2. The zero-order valence-electron chi connectivity index (χ0n) is 10.6. The maximum absolute atomic E-state index is 12.1. The van der Waals surface area contributed by atoms with Crippen molar-refractivity contribution in [2.75, 3.05) is 0 Å². The fourth-order valence-electron chi connectivity index (χ4n) is 1.76. The Hall–Kier alpha value is -1.55. The Morgan fingerprint density at radius 3 is 2.14 bits per heavy atom. The van der Waals surface area contributed by atoms with E-state index >= 15 is 0 Å². The maximum atomic E-state index is 12.1. The minimum Gasteiger partial charge on any atom is -0.506 e. The zero-order valence-corrected chi connectivity index (χ0v) is 12.8. The van der Waals surface area contributed by atoms with E-state index in [1.165, 1.54) is 24.3 Å². The number of hydrogen-bond acceptors (Lipinski definition) is 3. The predicted octanol–water partition coefficient (Wildman–Crippen LogP) is 4.81. The van der Waals surface area contributed by atoms with Gasteiger partial charge in [0.1, 0.15) is 5.75 Å². The number of benzene rings is 2. The summed E-state index contributed by atoms with van der Waals surface area (Å²) >= 11 is 17.3. The Labute approximate surface area is 136 Å². The fraction of sp³-hybridized carbons (Fsp3) is 0.0667. The molecule has 1 N–H and O–H groups in total. The molecule has 0 aliphatic rings. The summed E-state index contributed by atoms with van der Waals surface area (Å²) in [7, 11) is 0. The summed E-state index contributed by atoms with van der Waals surface area (Å²) in [5.41, 5.74) is 0.287. The van der Waals surface area contributed by atoms with Crippen LogP contribution in [0.15, 0.2) is 36.4 Å². The number of phenols is 1. The van der Waals surface area contributed by atoms with Crippen LogP contribution in [0.3, 0.4) is 0 Å². The third kappa shape index (κ3) is 3.76. The van der Waals surface area contributed by atoms with E-state index < -0.39 is 12.2 Å². The van der Waals surface area contributed by atoms with Crippen LogP contribution in [-0.2, 0) is 0 Å². The molecule has 0 unspecified atom stereocenters. The molecule has 0 radical (unpaired) electrons. The minimum atomic E-state index is -0.558. The average molecular weight is 344 g/mol. The third-order valence-electron chi connectivity index (χ3n) is 2.82. The van der Waals surface area contributed by atoms with Crippen LogP contribution in [0.2, 0.25) is 15.1 Å². The molecule has 0 aliphatic heterocycles. The van der Waals surface area contributed by atoms with Crippen LogP contribution in [0.1, 0.15) is 27.1 Å². The molecule has 0 aromatic heterocycles. The Morgan fingerprint density at radius 2 is 1.52 bits per heavy atom. The van der Waals surface area contributed by atoms with Gasteiger partial charge in [-0.25, -0.2) is 0 Å². The summed E-state index contributed by atoms with van der Waals surface area (Å²) in [6, 6.07) is 8.78. The quantitative estimate of drug-likeness (QED) is 0.640. The SMILES string of the molecule is O=C(CC(=O)c1cc(Cl)cc(Cl)c1O)c1ccc(Cl)cc1. The summed E-state index contributed by atoms with van der Waals surface area (Å²) in [5, 5.41) is 10.4. The van der Waals surface area contributed by atoms with Gasteiger partial charge in [-0.3, -0.25) is 9.59 Å². The first-order valence-corrected chi connectivity index (χ1v) is 7.02. The zero-order chi connectivity index (χ0) is 15.6. The van der Waals surface area contributed by atoms with E-state index in [1.54, 1.807) is 12.1 Å². The van der Waals surface area contributed by atoms with Crippen LogP contribution < -0.4 is 0 Å². The molecule has 21 heavy (non-hydrogen) atoms. The van der Waals surface area contributed by atoms with Crippen LogP contribution in [0.4, 0.5) is 0 Å². The van der Waals surface area contributed by atoms with E-state index in [0.29, 0.717) is 10.6 Å². The molecule has 0 amide bonds. The van der Waals surface area contributed by atoms with Crippen molar-refractivity contribution in [3.8, 4) is 5.75 Å². The lowest BCUT2D eigenvalue weighted by Gasteiger charge is -2.06. The largest absolute Gasteiger partial charge is 0.506 e. The van der Waals surface area contributed by atoms with Gasteiger partial charge in [0.25, 0.3) is 0 Å². The summed E-state index contributed by atoms with van der Waals surface area (Å²) in [4.78, 5) is 24.1. The van der Waals surface area contributed by atoms with Gasteiger partial charge in [0.15, 0.2) is 11.6 Å². The normalized spacial score (nSPS) is 10.4. The van der Waals surface area contributed by atoms with Crippen molar-refractivity contribution < 1.29 is 14.7 Å². The average Bonchev–Trinajstić information content (AvgIpc) is 2.43. The molecule has 6 heteroatoms. The molecule has 2 aromatic carbocycles. The smallest absolute Gasteiger partial charge is 0.174 e. The molecule has 108 valence electrons.